The van der Waals surface area contributed by atoms with Crippen LogP contribution in [0.15, 0.2) is 36.8 Å². The summed E-state index contributed by atoms with van der Waals surface area (Å²) in [5.74, 6) is 0. The fourth-order valence-electron chi connectivity index (χ4n) is 1.50. The Morgan fingerprint density at radius 3 is 2.75 bits per heavy atom. The molecule has 84 valence electrons. The third-order valence-electron chi connectivity index (χ3n) is 2.35. The van der Waals surface area contributed by atoms with E-state index in [1.807, 2.05) is 30.5 Å². The van der Waals surface area contributed by atoms with E-state index in [4.69, 9.17) is 11.6 Å². The quantitative estimate of drug-likeness (QED) is 0.782. The van der Waals surface area contributed by atoms with Crippen LogP contribution in [0.2, 0.25) is 5.02 Å². The molecule has 2 rings (SSSR count). The number of aryl methyl sites for hydroxylation is 1. The first-order valence-corrected chi connectivity index (χ1v) is 5.69. The number of halogens is 1. The first-order valence-electron chi connectivity index (χ1n) is 5.31. The Morgan fingerprint density at radius 1 is 1.25 bits per heavy atom. The molecule has 0 atom stereocenters. The molecule has 0 unspecified atom stereocenters. The number of imidazole rings is 1. The van der Waals surface area contributed by atoms with E-state index in [1.165, 1.54) is 5.69 Å². The Hall–Kier alpha value is -1.48. The molecule has 1 heterocycles. The third kappa shape index (κ3) is 3.28. The van der Waals surface area contributed by atoms with Crippen molar-refractivity contribution >= 4 is 17.3 Å². The second-order valence-electron chi connectivity index (χ2n) is 3.61. The van der Waals surface area contributed by atoms with Gasteiger partial charge in [-0.15, -0.1) is 0 Å². The molecule has 0 radical (unpaired) electrons. The van der Waals surface area contributed by atoms with E-state index in [0.29, 0.717) is 0 Å². The number of H-pyrrole nitrogens is 1. The van der Waals surface area contributed by atoms with Gasteiger partial charge in [0.2, 0.25) is 0 Å². The highest BCUT2D eigenvalue weighted by Crippen LogP contribution is 2.13. The molecule has 0 spiro atoms. The van der Waals surface area contributed by atoms with Crippen molar-refractivity contribution in [2.45, 2.75) is 12.8 Å². The van der Waals surface area contributed by atoms with Gasteiger partial charge < -0.3 is 10.3 Å². The summed E-state index contributed by atoms with van der Waals surface area (Å²) in [4.78, 5) is 7.07. The van der Waals surface area contributed by atoms with Crippen LogP contribution in [0.25, 0.3) is 0 Å². The maximum atomic E-state index is 5.80. The maximum Gasteiger partial charge on any atom is 0.0921 e. The number of aromatic nitrogens is 2. The molecule has 16 heavy (non-hydrogen) atoms. The molecule has 0 saturated carbocycles. The highest BCUT2D eigenvalue weighted by Gasteiger charge is 1.95. The Morgan fingerprint density at radius 2 is 2.06 bits per heavy atom. The number of aromatic amines is 1. The van der Waals surface area contributed by atoms with Crippen LogP contribution >= 0.6 is 11.6 Å². The van der Waals surface area contributed by atoms with Gasteiger partial charge in [-0.3, -0.25) is 0 Å². The molecule has 0 aliphatic rings. The number of anilines is 1. The van der Waals surface area contributed by atoms with Crippen molar-refractivity contribution in [3.63, 3.8) is 0 Å². The van der Waals surface area contributed by atoms with Gasteiger partial charge in [-0.1, -0.05) is 11.6 Å². The number of hydrogen-bond acceptors (Lipinski definition) is 2. The predicted molar refractivity (Wildman–Crippen MR) is 66.9 cm³/mol. The number of nitrogens with one attached hydrogen (secondary N) is 2. The van der Waals surface area contributed by atoms with Gasteiger partial charge in [0.25, 0.3) is 0 Å². The zero-order chi connectivity index (χ0) is 11.2. The van der Waals surface area contributed by atoms with Crippen molar-refractivity contribution in [2.24, 2.45) is 0 Å². The first kappa shape index (κ1) is 11.0. The SMILES string of the molecule is Clc1ccc(NCCCc2cnc[nH]2)cc1. The molecule has 1 aromatic carbocycles. The second-order valence-corrected chi connectivity index (χ2v) is 4.05. The Labute approximate surface area is 99.9 Å². The van der Waals surface area contributed by atoms with Gasteiger partial charge in [0.05, 0.1) is 6.33 Å². The van der Waals surface area contributed by atoms with Crippen molar-refractivity contribution in [3.05, 3.63) is 47.5 Å². The molecule has 0 bridgehead atoms. The highest BCUT2D eigenvalue weighted by molar-refractivity contribution is 6.30. The van der Waals surface area contributed by atoms with E-state index < -0.39 is 0 Å². The largest absolute Gasteiger partial charge is 0.385 e. The van der Waals surface area contributed by atoms with Crippen LogP contribution in [0.5, 0.6) is 0 Å². The summed E-state index contributed by atoms with van der Waals surface area (Å²) in [6, 6.07) is 7.74. The van der Waals surface area contributed by atoms with E-state index in [-0.39, 0.29) is 0 Å². The topological polar surface area (TPSA) is 40.7 Å². The fraction of sp³-hybridized carbons (Fsp3) is 0.250. The van der Waals surface area contributed by atoms with Gasteiger partial charge >= 0.3 is 0 Å². The minimum absolute atomic E-state index is 0.767. The van der Waals surface area contributed by atoms with Crippen LogP contribution in [0.4, 0.5) is 5.69 Å². The zero-order valence-corrected chi connectivity index (χ0v) is 9.67. The van der Waals surface area contributed by atoms with Gasteiger partial charge in [-0.05, 0) is 37.1 Å². The van der Waals surface area contributed by atoms with E-state index >= 15 is 0 Å². The molecule has 3 nitrogen and oxygen atoms in total. The molecule has 0 amide bonds. The van der Waals surface area contributed by atoms with Crippen LogP contribution in [0.3, 0.4) is 0 Å². The van der Waals surface area contributed by atoms with E-state index in [9.17, 15) is 0 Å². The van der Waals surface area contributed by atoms with E-state index in [2.05, 4.69) is 15.3 Å². The number of rotatable bonds is 5. The third-order valence-corrected chi connectivity index (χ3v) is 2.60. The smallest absolute Gasteiger partial charge is 0.0921 e. The van der Waals surface area contributed by atoms with E-state index in [1.54, 1.807) is 6.33 Å². The van der Waals surface area contributed by atoms with E-state index in [0.717, 1.165) is 30.1 Å². The van der Waals surface area contributed by atoms with Crippen molar-refractivity contribution in [2.75, 3.05) is 11.9 Å². The standard InChI is InChI=1S/C12H14ClN3/c13-10-3-5-11(6-4-10)15-7-1-2-12-8-14-9-16-12/h3-6,8-9,15H,1-2,7H2,(H,14,16). The van der Waals surface area contributed by atoms with Gasteiger partial charge in [-0.25, -0.2) is 4.98 Å². The Kier molecular flexibility index (Phi) is 3.83. The summed E-state index contributed by atoms with van der Waals surface area (Å²) in [7, 11) is 0. The summed E-state index contributed by atoms with van der Waals surface area (Å²) in [5.41, 5.74) is 2.28. The second kappa shape index (κ2) is 5.56. The average Bonchev–Trinajstić information content (AvgIpc) is 2.80. The lowest BCUT2D eigenvalue weighted by atomic mass is 10.2. The van der Waals surface area contributed by atoms with Gasteiger partial charge in [-0.2, -0.15) is 0 Å². The van der Waals surface area contributed by atoms with Gasteiger partial charge in [0.1, 0.15) is 0 Å². The van der Waals surface area contributed by atoms with Crippen LogP contribution in [0.1, 0.15) is 12.1 Å². The first-order chi connectivity index (χ1) is 7.84. The number of nitrogens with zero attached hydrogens (tertiary/aromatic N) is 1. The molecule has 0 fully saturated rings. The monoisotopic (exact) mass is 235 g/mol. The van der Waals surface area contributed by atoms with Gasteiger partial charge in [0, 0.05) is 29.1 Å². The van der Waals surface area contributed by atoms with Crippen molar-refractivity contribution in [1.82, 2.24) is 9.97 Å². The summed E-state index contributed by atoms with van der Waals surface area (Å²) >= 11 is 5.80. The molecular formula is C12H14ClN3. The van der Waals surface area contributed by atoms with Gasteiger partial charge in [0.15, 0.2) is 0 Å². The molecule has 0 aliphatic heterocycles. The van der Waals surface area contributed by atoms with Crippen LogP contribution < -0.4 is 5.32 Å². The van der Waals surface area contributed by atoms with Crippen LogP contribution in [-0.2, 0) is 6.42 Å². The van der Waals surface area contributed by atoms with Crippen molar-refractivity contribution < 1.29 is 0 Å². The van der Waals surface area contributed by atoms with Crippen LogP contribution in [0, 0.1) is 0 Å². The lowest BCUT2D eigenvalue weighted by Crippen LogP contribution is -2.02. The molecular weight excluding hydrogens is 222 g/mol. The molecule has 0 saturated heterocycles. The maximum absolute atomic E-state index is 5.80. The molecule has 2 N–H and O–H groups in total. The summed E-state index contributed by atoms with van der Waals surface area (Å²) in [6.45, 7) is 0.945. The number of benzene rings is 1. The molecule has 0 aliphatic carbocycles. The Balaban J connectivity index is 1.70. The Bertz CT molecular complexity index is 408. The van der Waals surface area contributed by atoms with Crippen LogP contribution in [-0.4, -0.2) is 16.5 Å². The zero-order valence-electron chi connectivity index (χ0n) is 8.91. The van der Waals surface area contributed by atoms with Crippen molar-refractivity contribution in [1.29, 1.82) is 0 Å². The minimum atomic E-state index is 0.767. The number of hydrogen-bond donors (Lipinski definition) is 2. The molecule has 4 heteroatoms. The summed E-state index contributed by atoms with van der Waals surface area (Å²) in [5, 5.41) is 4.11. The fourth-order valence-corrected chi connectivity index (χ4v) is 1.63. The summed E-state index contributed by atoms with van der Waals surface area (Å²) < 4.78 is 0. The molecule has 2 aromatic rings. The highest BCUT2D eigenvalue weighted by atomic mass is 35.5. The normalized spacial score (nSPS) is 10.3. The lowest BCUT2D eigenvalue weighted by Gasteiger charge is -2.05. The lowest BCUT2D eigenvalue weighted by molar-refractivity contribution is 0.842. The van der Waals surface area contributed by atoms with Crippen molar-refractivity contribution in [3.8, 4) is 0 Å². The minimum Gasteiger partial charge on any atom is -0.385 e. The molecule has 1 aromatic heterocycles. The average molecular weight is 236 g/mol. The predicted octanol–water partition coefficient (Wildman–Crippen LogP) is 3.11. The summed E-state index contributed by atoms with van der Waals surface area (Å²) in [6.07, 6.45) is 5.66.